The molecule has 2 N–H and O–H groups in total. The number of carbonyl (C=O) groups is 1. The van der Waals surface area contributed by atoms with Gasteiger partial charge < -0.3 is 14.5 Å². The summed E-state index contributed by atoms with van der Waals surface area (Å²) in [5.74, 6) is 0.685. The van der Waals surface area contributed by atoms with Crippen molar-refractivity contribution in [1.82, 2.24) is 9.71 Å². The Balaban J connectivity index is 1.77. The van der Waals surface area contributed by atoms with E-state index in [1.807, 2.05) is 29.0 Å². The summed E-state index contributed by atoms with van der Waals surface area (Å²) in [5, 5.41) is 1.33. The van der Waals surface area contributed by atoms with Crippen LogP contribution >= 0.6 is 11.6 Å². The average molecular weight is 437 g/mol. The molecule has 0 aliphatic heterocycles. The van der Waals surface area contributed by atoms with Crippen molar-refractivity contribution in [1.29, 1.82) is 0 Å². The van der Waals surface area contributed by atoms with Crippen LogP contribution in [0.4, 0.5) is 0 Å². The number of hydrogen-bond acceptors (Lipinski definition) is 5. The van der Waals surface area contributed by atoms with Gasteiger partial charge in [0.15, 0.2) is 0 Å². The van der Waals surface area contributed by atoms with E-state index < -0.39 is 15.9 Å². The Morgan fingerprint density at radius 1 is 1.17 bits per heavy atom. The van der Waals surface area contributed by atoms with Gasteiger partial charge >= 0.3 is 0 Å². The van der Waals surface area contributed by atoms with Crippen LogP contribution in [0.3, 0.4) is 0 Å². The van der Waals surface area contributed by atoms with Crippen molar-refractivity contribution in [3.63, 3.8) is 0 Å². The second kappa shape index (κ2) is 8.75. The molecule has 0 saturated heterocycles. The number of aryl methyl sites for hydroxylation is 1. The Morgan fingerprint density at radius 3 is 2.66 bits per heavy atom. The van der Waals surface area contributed by atoms with Gasteiger partial charge in [0.1, 0.15) is 17.2 Å². The minimum absolute atomic E-state index is 0.203. The number of H-pyrrole nitrogens is 1. The lowest BCUT2D eigenvalue weighted by atomic mass is 10.1. The van der Waals surface area contributed by atoms with E-state index in [4.69, 9.17) is 21.1 Å². The quantitative estimate of drug-likeness (QED) is 0.526. The van der Waals surface area contributed by atoms with E-state index in [0.717, 1.165) is 11.6 Å². The number of ether oxygens (including phenoxy) is 2. The maximum atomic E-state index is 12.5. The van der Waals surface area contributed by atoms with Crippen LogP contribution in [0.15, 0.2) is 42.5 Å². The topological polar surface area (TPSA) is 97.5 Å². The molecule has 0 aliphatic rings. The first-order valence-corrected chi connectivity index (χ1v) is 11.1. The number of amides is 1. The van der Waals surface area contributed by atoms with E-state index in [9.17, 15) is 13.2 Å². The Kier molecular flexibility index (Phi) is 6.34. The smallest absolute Gasteiger partial charge is 0.281 e. The number of aromatic amines is 1. The highest BCUT2D eigenvalue weighted by Gasteiger charge is 2.20. The molecule has 154 valence electrons. The molecule has 0 saturated carbocycles. The van der Waals surface area contributed by atoms with Crippen molar-refractivity contribution in [2.75, 3.05) is 20.0 Å². The third-order valence-electron chi connectivity index (χ3n) is 4.25. The summed E-state index contributed by atoms with van der Waals surface area (Å²) < 4.78 is 35.9. The van der Waals surface area contributed by atoms with E-state index >= 15 is 0 Å². The molecule has 29 heavy (non-hydrogen) atoms. The van der Waals surface area contributed by atoms with Gasteiger partial charge in [-0.25, -0.2) is 13.1 Å². The molecule has 0 unspecified atom stereocenters. The molecular formula is C20H21ClN2O5S. The van der Waals surface area contributed by atoms with Gasteiger partial charge in [-0.15, -0.1) is 0 Å². The first kappa shape index (κ1) is 21.0. The van der Waals surface area contributed by atoms with Crippen LogP contribution in [0, 0.1) is 0 Å². The minimum Gasteiger partial charge on any atom is -0.497 e. The normalized spacial score (nSPS) is 11.4. The van der Waals surface area contributed by atoms with Crippen LogP contribution in [-0.4, -0.2) is 39.3 Å². The molecule has 2 aromatic carbocycles. The second-order valence-electron chi connectivity index (χ2n) is 6.50. The van der Waals surface area contributed by atoms with Gasteiger partial charge in [0.05, 0.1) is 20.0 Å². The van der Waals surface area contributed by atoms with Crippen LogP contribution in [0.5, 0.6) is 11.5 Å². The van der Waals surface area contributed by atoms with Gasteiger partial charge in [-0.1, -0.05) is 23.7 Å². The molecule has 0 atom stereocenters. The Morgan fingerprint density at radius 2 is 1.93 bits per heavy atom. The van der Waals surface area contributed by atoms with Gasteiger partial charge in [-0.3, -0.25) is 4.79 Å². The Labute approximate surface area is 174 Å². The largest absolute Gasteiger partial charge is 0.497 e. The Hall–Kier alpha value is -2.71. The molecule has 0 aliphatic carbocycles. The Bertz CT molecular complexity index is 1140. The highest BCUT2D eigenvalue weighted by atomic mass is 35.5. The fourth-order valence-corrected chi connectivity index (χ4v) is 3.64. The zero-order chi connectivity index (χ0) is 21.0. The number of fused-ring (bicyclic) bond motifs is 1. The lowest BCUT2D eigenvalue weighted by molar-refractivity contribution is 0.0976. The van der Waals surface area contributed by atoms with Crippen molar-refractivity contribution < 1.29 is 22.7 Å². The molecule has 9 heteroatoms. The minimum atomic E-state index is -3.68. The number of hydrogen-bond donors (Lipinski definition) is 2. The van der Waals surface area contributed by atoms with Gasteiger partial charge in [0.25, 0.3) is 5.91 Å². The van der Waals surface area contributed by atoms with Crippen molar-refractivity contribution in [2.24, 2.45) is 0 Å². The van der Waals surface area contributed by atoms with Crippen molar-refractivity contribution in [3.05, 3.63) is 58.7 Å². The molecule has 0 spiro atoms. The summed E-state index contributed by atoms with van der Waals surface area (Å²) in [4.78, 5) is 15.4. The zero-order valence-corrected chi connectivity index (χ0v) is 17.6. The number of carbonyl (C=O) groups excluding carboxylic acids is 1. The van der Waals surface area contributed by atoms with Crippen LogP contribution < -0.4 is 14.2 Å². The summed E-state index contributed by atoms with van der Waals surface area (Å²) >= 11 is 6.04. The number of sulfonamides is 1. The van der Waals surface area contributed by atoms with Gasteiger partial charge in [-0.2, -0.15) is 0 Å². The number of benzene rings is 2. The van der Waals surface area contributed by atoms with Crippen LogP contribution in [0.2, 0.25) is 5.02 Å². The summed E-state index contributed by atoms with van der Waals surface area (Å²) in [5.41, 5.74) is 1.58. The van der Waals surface area contributed by atoms with Crippen molar-refractivity contribution >= 4 is 38.4 Å². The van der Waals surface area contributed by atoms with E-state index in [-0.39, 0.29) is 5.69 Å². The molecule has 3 aromatic rings. The number of aromatic nitrogens is 1. The molecule has 0 bridgehead atoms. The molecule has 3 rings (SSSR count). The summed E-state index contributed by atoms with van der Waals surface area (Å²) in [6.07, 6.45) is 2.07. The highest BCUT2D eigenvalue weighted by Crippen LogP contribution is 2.27. The third-order valence-corrected chi connectivity index (χ3v) is 5.05. The summed E-state index contributed by atoms with van der Waals surface area (Å²) in [6.45, 7) is 0.417. The number of rotatable bonds is 8. The van der Waals surface area contributed by atoms with Crippen molar-refractivity contribution in [2.45, 2.75) is 12.8 Å². The second-order valence-corrected chi connectivity index (χ2v) is 8.69. The van der Waals surface area contributed by atoms with E-state index in [2.05, 4.69) is 4.98 Å². The van der Waals surface area contributed by atoms with E-state index in [1.54, 1.807) is 25.3 Å². The number of methoxy groups -OCH3 is 1. The van der Waals surface area contributed by atoms with Gasteiger partial charge in [-0.05, 0) is 42.7 Å². The molecule has 0 radical (unpaired) electrons. The lowest BCUT2D eigenvalue weighted by Crippen LogP contribution is -2.30. The molecule has 0 fully saturated rings. The first-order valence-electron chi connectivity index (χ1n) is 8.86. The third kappa shape index (κ3) is 5.42. The predicted octanol–water partition coefficient (Wildman–Crippen LogP) is 3.53. The monoisotopic (exact) mass is 436 g/mol. The molecule has 1 heterocycles. The van der Waals surface area contributed by atoms with Gasteiger partial charge in [0.2, 0.25) is 10.0 Å². The van der Waals surface area contributed by atoms with E-state index in [1.165, 1.54) is 0 Å². The maximum Gasteiger partial charge on any atom is 0.281 e. The molecule has 1 amide bonds. The first-order chi connectivity index (χ1) is 13.8. The standard InChI is InChI=1S/C20H21ClN2O5S/c1-27-14-5-3-6-15(12-14)28-10-4-7-17-16-9-8-13(21)11-18(16)22-19(17)20(24)23-29(2,25)26/h3,5-6,8-9,11-12,22H,4,7,10H2,1-2H3,(H,23,24). The fraction of sp³-hybridized carbons (Fsp3) is 0.250. The zero-order valence-electron chi connectivity index (χ0n) is 16.0. The summed E-state index contributed by atoms with van der Waals surface area (Å²) in [6, 6.07) is 12.5. The van der Waals surface area contributed by atoms with Crippen molar-refractivity contribution in [3.8, 4) is 11.5 Å². The number of nitrogens with one attached hydrogen (secondary N) is 2. The van der Waals surface area contributed by atoms with Gasteiger partial charge in [0, 0.05) is 22.0 Å². The highest BCUT2D eigenvalue weighted by molar-refractivity contribution is 7.89. The fourth-order valence-electron chi connectivity index (χ4n) is 3.03. The van der Waals surface area contributed by atoms with Crippen LogP contribution in [0.1, 0.15) is 22.5 Å². The molecule has 1 aromatic heterocycles. The average Bonchev–Trinajstić information content (AvgIpc) is 3.02. The predicted molar refractivity (Wildman–Crippen MR) is 112 cm³/mol. The van der Waals surface area contributed by atoms with Crippen LogP contribution in [-0.2, 0) is 16.4 Å². The maximum absolute atomic E-state index is 12.5. The molecular weight excluding hydrogens is 416 g/mol. The summed E-state index contributed by atoms with van der Waals surface area (Å²) in [7, 11) is -2.10. The number of halogens is 1. The van der Waals surface area contributed by atoms with Crippen LogP contribution in [0.25, 0.3) is 10.9 Å². The van der Waals surface area contributed by atoms with E-state index in [0.29, 0.717) is 47.1 Å². The lowest BCUT2D eigenvalue weighted by Gasteiger charge is -2.09. The molecule has 7 nitrogen and oxygen atoms in total. The SMILES string of the molecule is COc1cccc(OCCCc2c(C(=O)NS(C)(=O)=O)[nH]c3cc(Cl)ccc23)c1.